The first-order chi connectivity index (χ1) is 7.15. The Bertz CT molecular complexity index is 531. The van der Waals surface area contributed by atoms with Crippen molar-refractivity contribution in [2.75, 3.05) is 5.33 Å². The highest BCUT2D eigenvalue weighted by Gasteiger charge is 2.13. The van der Waals surface area contributed by atoms with E-state index in [0.717, 1.165) is 26.5 Å². The topological polar surface area (TPSA) is 32.9 Å². The maximum atomic E-state index is 11.7. The summed E-state index contributed by atoms with van der Waals surface area (Å²) in [5.74, 6) is 0.0920. The summed E-state index contributed by atoms with van der Waals surface area (Å²) in [5.41, 5.74) is 2.78. The molecule has 2 rings (SSSR count). The molecule has 2 nitrogen and oxygen atoms in total. The molecule has 0 amide bonds. The number of rotatable bonds is 2. The van der Waals surface area contributed by atoms with E-state index < -0.39 is 0 Å². The highest BCUT2D eigenvalue weighted by Crippen LogP contribution is 2.29. The number of benzene rings is 1. The van der Waals surface area contributed by atoms with Crippen LogP contribution < -0.4 is 0 Å². The molecular weight excluding hydrogens is 322 g/mol. The number of H-pyrrole nitrogens is 1. The zero-order chi connectivity index (χ0) is 11.0. The summed E-state index contributed by atoms with van der Waals surface area (Å²) >= 11 is 6.68. The Kier molecular flexibility index (Phi) is 2.98. The Morgan fingerprint density at radius 3 is 2.87 bits per heavy atom. The van der Waals surface area contributed by atoms with Crippen molar-refractivity contribution in [2.24, 2.45) is 0 Å². The number of Topliss-reactive ketones (excluding diaryl/α,β-unsaturated/α-hetero) is 1. The minimum absolute atomic E-state index is 0.0920. The van der Waals surface area contributed by atoms with Crippen molar-refractivity contribution in [3.63, 3.8) is 0 Å². The van der Waals surface area contributed by atoms with Crippen LogP contribution in [0.25, 0.3) is 10.9 Å². The van der Waals surface area contributed by atoms with E-state index in [1.54, 1.807) is 0 Å². The van der Waals surface area contributed by atoms with E-state index in [4.69, 9.17) is 0 Å². The molecule has 0 fully saturated rings. The third kappa shape index (κ3) is 1.76. The Morgan fingerprint density at radius 1 is 1.47 bits per heavy atom. The lowest BCUT2D eigenvalue weighted by Crippen LogP contribution is -2.00. The molecule has 78 valence electrons. The first-order valence-electron chi connectivity index (χ1n) is 4.50. The van der Waals surface area contributed by atoms with Gasteiger partial charge in [0.25, 0.3) is 0 Å². The number of aromatic amines is 1. The number of hydrogen-bond acceptors (Lipinski definition) is 1. The Morgan fingerprint density at radius 2 is 2.20 bits per heavy atom. The van der Waals surface area contributed by atoms with E-state index in [0.29, 0.717) is 5.33 Å². The second-order valence-corrected chi connectivity index (χ2v) is 4.79. The quantitative estimate of drug-likeness (QED) is 0.659. The molecule has 0 unspecified atom stereocenters. The van der Waals surface area contributed by atoms with Crippen LogP contribution in [0.5, 0.6) is 0 Å². The predicted molar refractivity (Wildman–Crippen MR) is 68.9 cm³/mol. The number of alkyl halides is 1. The fourth-order valence-electron chi connectivity index (χ4n) is 1.67. The number of carbonyl (C=O) groups is 1. The van der Waals surface area contributed by atoms with Crippen LogP contribution in [-0.2, 0) is 0 Å². The monoisotopic (exact) mass is 329 g/mol. The molecule has 0 saturated carbocycles. The van der Waals surface area contributed by atoms with Crippen LogP contribution in [0.4, 0.5) is 0 Å². The SMILES string of the molecule is Cc1c[nH]c2c(C(=O)CBr)ccc(Br)c12. The molecule has 0 radical (unpaired) electrons. The Hall–Kier alpha value is -0.610. The summed E-state index contributed by atoms with van der Waals surface area (Å²) in [7, 11) is 0. The van der Waals surface area contributed by atoms with E-state index in [9.17, 15) is 4.79 Å². The van der Waals surface area contributed by atoms with Gasteiger partial charge in [-0.05, 0) is 24.6 Å². The summed E-state index contributed by atoms with van der Waals surface area (Å²) < 4.78 is 1.02. The lowest BCUT2D eigenvalue weighted by atomic mass is 10.1. The van der Waals surface area contributed by atoms with Crippen LogP contribution in [0.1, 0.15) is 15.9 Å². The van der Waals surface area contributed by atoms with Gasteiger partial charge in [0.2, 0.25) is 0 Å². The Labute approximate surface area is 104 Å². The maximum absolute atomic E-state index is 11.7. The number of hydrogen-bond donors (Lipinski definition) is 1. The lowest BCUT2D eigenvalue weighted by molar-refractivity contribution is 0.102. The van der Waals surface area contributed by atoms with Gasteiger partial charge in [0, 0.05) is 21.6 Å². The molecule has 1 N–H and O–H groups in total. The largest absolute Gasteiger partial charge is 0.360 e. The summed E-state index contributed by atoms with van der Waals surface area (Å²) in [6, 6.07) is 3.75. The van der Waals surface area contributed by atoms with Gasteiger partial charge < -0.3 is 4.98 Å². The number of carbonyl (C=O) groups excluding carboxylic acids is 1. The van der Waals surface area contributed by atoms with Gasteiger partial charge in [-0.3, -0.25) is 4.79 Å². The molecule has 1 aromatic heterocycles. The molecule has 4 heteroatoms. The van der Waals surface area contributed by atoms with Gasteiger partial charge in [-0.2, -0.15) is 0 Å². The maximum Gasteiger partial charge on any atom is 0.175 e. The van der Waals surface area contributed by atoms with E-state index in [-0.39, 0.29) is 5.78 Å². The highest BCUT2D eigenvalue weighted by atomic mass is 79.9. The van der Waals surface area contributed by atoms with Crippen molar-refractivity contribution in [1.29, 1.82) is 0 Å². The smallest absolute Gasteiger partial charge is 0.175 e. The van der Waals surface area contributed by atoms with Crippen molar-refractivity contribution in [2.45, 2.75) is 6.92 Å². The highest BCUT2D eigenvalue weighted by molar-refractivity contribution is 9.10. The van der Waals surface area contributed by atoms with Crippen LogP contribution in [0.3, 0.4) is 0 Å². The van der Waals surface area contributed by atoms with Crippen LogP contribution in [0, 0.1) is 6.92 Å². The standard InChI is InChI=1S/C11H9Br2NO/c1-6-5-14-11-7(9(15)4-12)2-3-8(13)10(6)11/h2-3,5,14H,4H2,1H3. The number of ketones is 1. The van der Waals surface area contributed by atoms with E-state index in [1.165, 1.54) is 0 Å². The van der Waals surface area contributed by atoms with Gasteiger partial charge in [0.05, 0.1) is 10.8 Å². The van der Waals surface area contributed by atoms with Crippen molar-refractivity contribution in [3.05, 3.63) is 33.9 Å². The predicted octanol–water partition coefficient (Wildman–Crippen LogP) is 3.82. The molecule has 15 heavy (non-hydrogen) atoms. The van der Waals surface area contributed by atoms with E-state index in [2.05, 4.69) is 36.8 Å². The van der Waals surface area contributed by atoms with Crippen molar-refractivity contribution < 1.29 is 4.79 Å². The van der Waals surface area contributed by atoms with Crippen molar-refractivity contribution in [1.82, 2.24) is 4.98 Å². The summed E-state index contributed by atoms with van der Waals surface area (Å²) in [5, 5.41) is 1.43. The average Bonchev–Trinajstić information content (AvgIpc) is 2.61. The molecule has 0 aliphatic carbocycles. The molecule has 0 bridgehead atoms. The van der Waals surface area contributed by atoms with Gasteiger partial charge in [0.1, 0.15) is 0 Å². The third-order valence-corrected chi connectivity index (χ3v) is 3.57. The zero-order valence-electron chi connectivity index (χ0n) is 8.10. The van der Waals surface area contributed by atoms with Gasteiger partial charge in [-0.25, -0.2) is 0 Å². The van der Waals surface area contributed by atoms with Gasteiger partial charge >= 0.3 is 0 Å². The van der Waals surface area contributed by atoms with Gasteiger partial charge in [-0.15, -0.1) is 0 Å². The summed E-state index contributed by atoms with van der Waals surface area (Å²) in [4.78, 5) is 14.8. The number of nitrogens with one attached hydrogen (secondary N) is 1. The first kappa shape index (κ1) is 10.9. The van der Waals surface area contributed by atoms with Crippen molar-refractivity contribution >= 4 is 48.5 Å². The average molecular weight is 331 g/mol. The molecule has 0 spiro atoms. The second-order valence-electron chi connectivity index (χ2n) is 3.37. The molecule has 0 aliphatic heterocycles. The Balaban J connectivity index is 2.78. The van der Waals surface area contributed by atoms with E-state index in [1.807, 2.05) is 25.3 Å². The molecule has 0 aliphatic rings. The molecule has 2 aromatic rings. The normalized spacial score (nSPS) is 10.9. The van der Waals surface area contributed by atoms with Crippen LogP contribution in [-0.4, -0.2) is 16.1 Å². The molecule has 0 atom stereocenters. The fourth-order valence-corrected chi connectivity index (χ4v) is 2.61. The lowest BCUT2D eigenvalue weighted by Gasteiger charge is -2.02. The van der Waals surface area contributed by atoms with Gasteiger partial charge in [-0.1, -0.05) is 31.9 Å². The number of aryl methyl sites for hydroxylation is 1. The minimum atomic E-state index is 0.0920. The van der Waals surface area contributed by atoms with E-state index >= 15 is 0 Å². The number of fused-ring (bicyclic) bond motifs is 1. The number of halogens is 2. The molecule has 1 aromatic carbocycles. The minimum Gasteiger partial charge on any atom is -0.360 e. The zero-order valence-corrected chi connectivity index (χ0v) is 11.3. The van der Waals surface area contributed by atoms with Crippen LogP contribution in [0.15, 0.2) is 22.8 Å². The van der Waals surface area contributed by atoms with Gasteiger partial charge in [0.15, 0.2) is 5.78 Å². The second kappa shape index (κ2) is 4.10. The molecule has 1 heterocycles. The molecule has 0 saturated heterocycles. The first-order valence-corrected chi connectivity index (χ1v) is 6.42. The summed E-state index contributed by atoms with van der Waals surface area (Å²) in [6.45, 7) is 2.02. The van der Waals surface area contributed by atoms with Crippen molar-refractivity contribution in [3.8, 4) is 0 Å². The van der Waals surface area contributed by atoms with Crippen LogP contribution >= 0.6 is 31.9 Å². The third-order valence-electron chi connectivity index (χ3n) is 2.40. The fraction of sp³-hybridized carbons (Fsp3) is 0.182. The number of aromatic nitrogens is 1. The molecular formula is C11H9Br2NO. The van der Waals surface area contributed by atoms with Crippen LogP contribution in [0.2, 0.25) is 0 Å². The summed E-state index contributed by atoms with van der Waals surface area (Å²) in [6.07, 6.45) is 1.92.